The highest BCUT2D eigenvalue weighted by atomic mass is 32.2. The summed E-state index contributed by atoms with van der Waals surface area (Å²) in [6.45, 7) is 13.4. The van der Waals surface area contributed by atoms with E-state index in [1.54, 1.807) is 72.9 Å². The molecule has 0 atom stereocenters. The fraction of sp³-hybridized carbons (Fsp3) is 0.459. The number of benzene rings is 2. The number of hydroxylamine groups is 2. The minimum absolute atomic E-state index is 0.0114. The van der Waals surface area contributed by atoms with Gasteiger partial charge in [0.15, 0.2) is 0 Å². The Morgan fingerprint density at radius 2 is 1.47 bits per heavy atom. The molecule has 0 saturated carbocycles. The molecule has 2 N–H and O–H groups in total. The van der Waals surface area contributed by atoms with Gasteiger partial charge in [-0.05, 0) is 96.8 Å². The number of hydrogen-bond acceptors (Lipinski definition) is 13. The number of nitrogens with one attached hydrogen (secondary N) is 2. The molecule has 1 heterocycles. The fourth-order valence-corrected chi connectivity index (χ4v) is 8.01. The fourth-order valence-electron chi connectivity index (χ4n) is 4.78. The first-order chi connectivity index (χ1) is 25.6. The molecule has 0 radical (unpaired) electrons. The van der Waals surface area contributed by atoms with Crippen LogP contribution in [-0.4, -0.2) is 86.8 Å². The van der Waals surface area contributed by atoms with Crippen LogP contribution < -0.4 is 14.2 Å². The van der Waals surface area contributed by atoms with Gasteiger partial charge in [-0.1, -0.05) is 25.1 Å². The van der Waals surface area contributed by atoms with Crippen molar-refractivity contribution < 1.29 is 49.7 Å². The third-order valence-corrected chi connectivity index (χ3v) is 10.3. The molecular weight excluding hydrogens is 755 g/mol. The molecule has 3 aromatic rings. The van der Waals surface area contributed by atoms with E-state index in [2.05, 4.69) is 10.3 Å². The Hall–Kier alpha value is -4.78. The van der Waals surface area contributed by atoms with Crippen LogP contribution in [0.5, 0.6) is 11.5 Å². The first-order valence-electron chi connectivity index (χ1n) is 17.5. The average molecular weight is 806 g/mol. The molecule has 16 nitrogen and oxygen atoms in total. The summed E-state index contributed by atoms with van der Waals surface area (Å²) in [6, 6.07) is 15.1. The number of sulfonamides is 1. The van der Waals surface area contributed by atoms with Crippen LogP contribution >= 0.6 is 0 Å². The first kappa shape index (κ1) is 44.6. The van der Waals surface area contributed by atoms with Crippen molar-refractivity contribution >= 4 is 38.3 Å². The zero-order valence-electron chi connectivity index (χ0n) is 32.4. The van der Waals surface area contributed by atoms with Gasteiger partial charge in [0, 0.05) is 43.9 Å². The van der Waals surface area contributed by atoms with Gasteiger partial charge in [0.2, 0.25) is 16.0 Å². The number of amides is 2. The van der Waals surface area contributed by atoms with E-state index >= 15 is 0 Å². The standard InChI is InChI=1S/C37H51N5O11S2/c1-9-20-41(21-18-28-15-12-13-19-39-28)54(45,46)31-16-10-11-17-32(31)55(47,48)53-30-25-27(2)24-29(26-30)49-22-14-23-50-42(35(44)52-37(6,7)8)33(38)40-34(43)51-36(3,4)5/h10-13,15-17,19,24-26H,9,14,18,20-23H2,1-8H3,(H2,38,40,43). The molecule has 0 aliphatic carbocycles. The molecule has 0 saturated heterocycles. The molecule has 0 spiro atoms. The van der Waals surface area contributed by atoms with Gasteiger partial charge in [-0.2, -0.15) is 12.7 Å². The molecule has 302 valence electrons. The number of nitrogens with zero attached hydrogens (tertiary/aromatic N) is 3. The summed E-state index contributed by atoms with van der Waals surface area (Å²) in [5.41, 5.74) is -0.504. The summed E-state index contributed by atoms with van der Waals surface area (Å²) in [6.07, 6.45) is 0.602. The second-order valence-electron chi connectivity index (χ2n) is 14.2. The number of aryl methyl sites for hydroxylation is 1. The number of pyridine rings is 1. The van der Waals surface area contributed by atoms with Crippen molar-refractivity contribution in [1.29, 1.82) is 5.41 Å². The third-order valence-electron chi connectivity index (χ3n) is 6.94. The third kappa shape index (κ3) is 14.4. The van der Waals surface area contributed by atoms with Crippen molar-refractivity contribution in [2.24, 2.45) is 0 Å². The van der Waals surface area contributed by atoms with E-state index in [9.17, 15) is 26.4 Å². The first-order valence-corrected chi connectivity index (χ1v) is 20.4. The molecule has 18 heteroatoms. The van der Waals surface area contributed by atoms with E-state index in [0.29, 0.717) is 29.2 Å². The topological polar surface area (TPSA) is 204 Å². The number of hydrogen-bond donors (Lipinski definition) is 2. The van der Waals surface area contributed by atoms with Crippen molar-refractivity contribution in [3.63, 3.8) is 0 Å². The quantitative estimate of drug-likeness (QED) is 0.0546. The number of aromatic nitrogens is 1. The van der Waals surface area contributed by atoms with Gasteiger partial charge in [0.05, 0.1) is 13.2 Å². The Bertz CT molecular complexity index is 2000. The Balaban J connectivity index is 1.71. The maximum atomic E-state index is 13.9. The summed E-state index contributed by atoms with van der Waals surface area (Å²) in [7, 11) is -8.94. The normalized spacial score (nSPS) is 12.2. The maximum Gasteiger partial charge on any atom is 0.442 e. The number of guanidine groups is 1. The van der Waals surface area contributed by atoms with E-state index in [1.807, 2.05) is 13.0 Å². The van der Waals surface area contributed by atoms with Crippen LogP contribution in [0.25, 0.3) is 0 Å². The minimum Gasteiger partial charge on any atom is -0.493 e. The van der Waals surface area contributed by atoms with Crippen LogP contribution in [0.4, 0.5) is 9.59 Å². The molecular formula is C37H51N5O11S2. The van der Waals surface area contributed by atoms with Crippen molar-refractivity contribution in [3.8, 4) is 11.5 Å². The maximum absolute atomic E-state index is 13.9. The summed E-state index contributed by atoms with van der Waals surface area (Å²) in [4.78, 5) is 33.8. The number of alkyl carbamates (subject to hydrolysis) is 1. The molecule has 0 fully saturated rings. The van der Waals surface area contributed by atoms with E-state index in [1.165, 1.54) is 40.7 Å². The van der Waals surface area contributed by atoms with Crippen LogP contribution in [0.1, 0.15) is 72.6 Å². The van der Waals surface area contributed by atoms with E-state index in [0.717, 1.165) is 0 Å². The zero-order valence-corrected chi connectivity index (χ0v) is 34.1. The highest BCUT2D eigenvalue weighted by molar-refractivity contribution is 7.91. The van der Waals surface area contributed by atoms with Gasteiger partial charge in [0.1, 0.15) is 32.5 Å². The van der Waals surface area contributed by atoms with Crippen molar-refractivity contribution in [1.82, 2.24) is 19.7 Å². The number of carbonyl (C=O) groups excluding carboxylic acids is 2. The van der Waals surface area contributed by atoms with Crippen LogP contribution in [-0.2, 0) is 40.9 Å². The molecule has 2 aromatic carbocycles. The number of ether oxygens (including phenoxy) is 3. The second-order valence-corrected chi connectivity index (χ2v) is 17.6. The van der Waals surface area contributed by atoms with Crippen molar-refractivity contribution in [2.75, 3.05) is 26.3 Å². The lowest BCUT2D eigenvalue weighted by molar-refractivity contribution is -0.104. The summed E-state index contributed by atoms with van der Waals surface area (Å²) < 4.78 is 78.1. The molecule has 0 aliphatic heterocycles. The predicted molar refractivity (Wildman–Crippen MR) is 204 cm³/mol. The minimum atomic E-state index is -4.67. The van der Waals surface area contributed by atoms with Crippen LogP contribution in [0.3, 0.4) is 0 Å². The highest BCUT2D eigenvalue weighted by Gasteiger charge is 2.33. The molecule has 0 unspecified atom stereocenters. The number of rotatable bonds is 16. The van der Waals surface area contributed by atoms with Crippen LogP contribution in [0, 0.1) is 12.3 Å². The second kappa shape index (κ2) is 19.2. The van der Waals surface area contributed by atoms with Gasteiger partial charge >= 0.3 is 22.3 Å². The molecule has 55 heavy (non-hydrogen) atoms. The van der Waals surface area contributed by atoms with Crippen LogP contribution in [0.2, 0.25) is 0 Å². The van der Waals surface area contributed by atoms with Crippen molar-refractivity contribution in [2.45, 2.75) is 95.6 Å². The summed E-state index contributed by atoms with van der Waals surface area (Å²) in [5, 5.41) is 10.8. The predicted octanol–water partition coefficient (Wildman–Crippen LogP) is 6.20. The largest absolute Gasteiger partial charge is 0.493 e. The molecule has 1 aromatic heterocycles. The van der Waals surface area contributed by atoms with E-state index in [4.69, 9.17) is 28.6 Å². The lowest BCUT2D eigenvalue weighted by Crippen LogP contribution is -2.49. The van der Waals surface area contributed by atoms with Gasteiger partial charge in [-0.15, -0.1) is 5.06 Å². The Kier molecular flexibility index (Phi) is 15.6. The average Bonchev–Trinajstić information content (AvgIpc) is 3.06. The molecule has 0 bridgehead atoms. The summed E-state index contributed by atoms with van der Waals surface area (Å²) >= 11 is 0. The van der Waals surface area contributed by atoms with Crippen LogP contribution in [0.15, 0.2) is 76.7 Å². The smallest absolute Gasteiger partial charge is 0.442 e. The number of carbonyl (C=O) groups is 2. The van der Waals surface area contributed by atoms with Gasteiger partial charge in [0.25, 0.3) is 0 Å². The summed E-state index contributed by atoms with van der Waals surface area (Å²) in [5.74, 6) is -0.613. The lowest BCUT2D eigenvalue weighted by Gasteiger charge is -2.27. The molecule has 0 aliphatic rings. The van der Waals surface area contributed by atoms with E-state index in [-0.39, 0.29) is 44.2 Å². The molecule has 2 amide bonds. The Morgan fingerprint density at radius 3 is 2.09 bits per heavy atom. The monoisotopic (exact) mass is 805 g/mol. The zero-order chi connectivity index (χ0) is 41.0. The van der Waals surface area contributed by atoms with Gasteiger partial charge in [-0.25, -0.2) is 18.0 Å². The SMILES string of the molecule is CCCN(CCc1ccccn1)S(=O)(=O)c1ccccc1S(=O)(=O)Oc1cc(C)cc(OCCCON(C(=N)NC(=O)OC(C)(C)C)C(=O)OC(C)(C)C)c1. The Morgan fingerprint density at radius 1 is 0.836 bits per heavy atom. The molecule has 3 rings (SSSR count). The highest BCUT2D eigenvalue weighted by Crippen LogP contribution is 2.30. The van der Waals surface area contributed by atoms with Crippen molar-refractivity contribution in [3.05, 3.63) is 78.1 Å². The Labute approximate surface area is 323 Å². The lowest BCUT2D eigenvalue weighted by atomic mass is 10.2. The van der Waals surface area contributed by atoms with Gasteiger partial charge in [-0.3, -0.25) is 20.5 Å². The van der Waals surface area contributed by atoms with E-state index < -0.39 is 59.3 Å². The van der Waals surface area contributed by atoms with Gasteiger partial charge < -0.3 is 18.4 Å².